The summed E-state index contributed by atoms with van der Waals surface area (Å²) in [6.45, 7) is 0. The van der Waals surface area contributed by atoms with Crippen molar-refractivity contribution in [3.63, 3.8) is 0 Å². The minimum Gasteiger partial charge on any atom is -0.497 e. The molecule has 0 aliphatic heterocycles. The summed E-state index contributed by atoms with van der Waals surface area (Å²) in [4.78, 5) is 15.1. The Morgan fingerprint density at radius 3 is 1.90 bits per heavy atom. The van der Waals surface area contributed by atoms with E-state index in [4.69, 9.17) is 15.1 Å². The normalized spacial score (nSPS) is 11.3. The maximum atomic E-state index is 11.2. The highest BCUT2D eigenvalue weighted by atomic mass is 32.1. The van der Waals surface area contributed by atoms with E-state index >= 15 is 0 Å². The van der Waals surface area contributed by atoms with Gasteiger partial charge in [0.25, 0.3) is 0 Å². The van der Waals surface area contributed by atoms with Crippen molar-refractivity contribution in [1.29, 1.82) is 5.26 Å². The zero-order chi connectivity index (χ0) is 28.6. The number of methoxy groups -OCH3 is 1. The van der Waals surface area contributed by atoms with Gasteiger partial charge in [0.2, 0.25) is 0 Å². The lowest BCUT2D eigenvalue weighted by molar-refractivity contribution is -0.132. The third-order valence-corrected chi connectivity index (χ3v) is 7.51. The highest BCUT2D eigenvalue weighted by molar-refractivity contribution is 7.16. The minimum atomic E-state index is -1.23. The molecule has 0 amide bonds. The predicted octanol–water partition coefficient (Wildman–Crippen LogP) is 9.06. The van der Waals surface area contributed by atoms with Crippen molar-refractivity contribution < 1.29 is 14.6 Å². The molecular weight excluding hydrogens is 528 g/mol. The van der Waals surface area contributed by atoms with Gasteiger partial charge in [-0.15, -0.1) is 11.3 Å². The summed E-state index contributed by atoms with van der Waals surface area (Å²) in [7, 11) is 1.65. The zero-order valence-electron chi connectivity index (χ0n) is 22.3. The number of benzene rings is 4. The SMILES string of the molecule is COc1ccc(N(c2ccc(/C=C/c3ccccc3)cc2)c2ccc(-c3ccc(/C=C(\C#N)C(=O)O)s3)cc2)cc1. The monoisotopic (exact) mass is 554 g/mol. The van der Waals surface area contributed by atoms with E-state index in [2.05, 4.69) is 65.6 Å². The number of ether oxygens (including phenoxy) is 1. The van der Waals surface area contributed by atoms with E-state index in [1.807, 2.05) is 66.7 Å². The average molecular weight is 555 g/mol. The van der Waals surface area contributed by atoms with Crippen molar-refractivity contribution in [3.8, 4) is 22.3 Å². The van der Waals surface area contributed by atoms with Crippen LogP contribution in [0.1, 0.15) is 16.0 Å². The van der Waals surface area contributed by atoms with Gasteiger partial charge in [-0.25, -0.2) is 4.79 Å². The molecule has 0 spiro atoms. The lowest BCUT2D eigenvalue weighted by Gasteiger charge is -2.26. The number of carboxylic acid groups (broad SMARTS) is 1. The Morgan fingerprint density at radius 1 is 0.780 bits per heavy atom. The topological polar surface area (TPSA) is 73.6 Å². The lowest BCUT2D eigenvalue weighted by Crippen LogP contribution is -2.09. The molecule has 0 saturated heterocycles. The van der Waals surface area contributed by atoms with Crippen LogP contribution in [-0.4, -0.2) is 18.2 Å². The highest BCUT2D eigenvalue weighted by Crippen LogP contribution is 2.37. The smallest absolute Gasteiger partial charge is 0.346 e. The Morgan fingerprint density at radius 2 is 1.34 bits per heavy atom. The van der Waals surface area contributed by atoms with Gasteiger partial charge in [-0.2, -0.15) is 5.26 Å². The summed E-state index contributed by atoms with van der Waals surface area (Å²) < 4.78 is 5.37. The Kier molecular flexibility index (Phi) is 8.39. The van der Waals surface area contributed by atoms with Crippen LogP contribution < -0.4 is 9.64 Å². The maximum absolute atomic E-state index is 11.2. The van der Waals surface area contributed by atoms with Gasteiger partial charge in [0.05, 0.1) is 7.11 Å². The van der Waals surface area contributed by atoms with Crippen LogP contribution in [-0.2, 0) is 4.79 Å². The molecule has 200 valence electrons. The number of carboxylic acids is 1. The highest BCUT2D eigenvalue weighted by Gasteiger charge is 2.14. The second-order valence-corrected chi connectivity index (χ2v) is 10.2. The quantitative estimate of drug-likeness (QED) is 0.112. The molecule has 1 heterocycles. The van der Waals surface area contributed by atoms with Gasteiger partial charge in [-0.1, -0.05) is 66.7 Å². The second-order valence-electron chi connectivity index (χ2n) is 9.09. The molecule has 0 atom stereocenters. The van der Waals surface area contributed by atoms with Gasteiger partial charge >= 0.3 is 5.97 Å². The average Bonchev–Trinajstić information content (AvgIpc) is 3.49. The van der Waals surface area contributed by atoms with Crippen LogP contribution in [0.4, 0.5) is 17.1 Å². The molecule has 0 aliphatic carbocycles. The van der Waals surface area contributed by atoms with Crippen molar-refractivity contribution in [2.45, 2.75) is 0 Å². The van der Waals surface area contributed by atoms with E-state index in [-0.39, 0.29) is 5.57 Å². The van der Waals surface area contributed by atoms with Crippen LogP contribution in [0.25, 0.3) is 28.7 Å². The summed E-state index contributed by atoms with van der Waals surface area (Å²) in [5.74, 6) is -0.443. The number of rotatable bonds is 9. The van der Waals surface area contributed by atoms with Gasteiger partial charge in [0.1, 0.15) is 17.4 Å². The number of anilines is 3. The largest absolute Gasteiger partial charge is 0.497 e. The van der Waals surface area contributed by atoms with Crippen molar-refractivity contribution in [3.05, 3.63) is 137 Å². The number of aliphatic carboxylic acids is 1. The van der Waals surface area contributed by atoms with Crippen LogP contribution in [0.3, 0.4) is 0 Å². The standard InChI is InChI=1S/C35H26N2O3S/c1-40-32-19-17-31(18-20-32)37(29-13-9-26(10-14-29)8-7-25-5-3-2-4-6-25)30-15-11-27(12-16-30)34-22-21-33(41-34)23-28(24-36)35(38)39/h2-23H,1H3,(H,38,39)/b8-7+,28-23+. The number of hydrogen-bond acceptors (Lipinski definition) is 5. The first-order valence-electron chi connectivity index (χ1n) is 12.9. The number of nitrogens with zero attached hydrogens (tertiary/aromatic N) is 2. The van der Waals surface area contributed by atoms with Gasteiger partial charge in [0, 0.05) is 26.8 Å². The first-order chi connectivity index (χ1) is 20.0. The van der Waals surface area contributed by atoms with Crippen LogP contribution in [0.15, 0.2) is 121 Å². The van der Waals surface area contributed by atoms with Gasteiger partial charge < -0.3 is 14.7 Å². The van der Waals surface area contributed by atoms with E-state index in [9.17, 15) is 4.79 Å². The summed E-state index contributed by atoms with van der Waals surface area (Å²) in [6, 6.07) is 40.3. The Balaban J connectivity index is 1.44. The van der Waals surface area contributed by atoms with Crippen molar-refractivity contribution in [2.75, 3.05) is 12.0 Å². The molecule has 1 N–H and O–H groups in total. The van der Waals surface area contributed by atoms with E-state index in [0.29, 0.717) is 4.88 Å². The third kappa shape index (κ3) is 6.62. The lowest BCUT2D eigenvalue weighted by atomic mass is 10.1. The molecule has 4 aromatic carbocycles. The Bertz CT molecular complexity index is 1730. The van der Waals surface area contributed by atoms with Gasteiger partial charge in [-0.05, 0) is 83.4 Å². The Labute approximate surface area is 243 Å². The number of nitriles is 1. The van der Waals surface area contributed by atoms with Crippen molar-refractivity contribution in [2.24, 2.45) is 0 Å². The minimum absolute atomic E-state index is 0.287. The fraction of sp³-hybridized carbons (Fsp3) is 0.0286. The van der Waals surface area contributed by atoms with Gasteiger partial charge in [-0.3, -0.25) is 0 Å². The molecule has 5 nitrogen and oxygen atoms in total. The van der Waals surface area contributed by atoms with Gasteiger partial charge in [0.15, 0.2) is 0 Å². The van der Waals surface area contributed by atoms with Crippen molar-refractivity contribution in [1.82, 2.24) is 0 Å². The van der Waals surface area contributed by atoms with Crippen LogP contribution >= 0.6 is 11.3 Å². The summed E-state index contributed by atoms with van der Waals surface area (Å²) in [5.41, 5.74) is 5.97. The fourth-order valence-corrected chi connectivity index (χ4v) is 5.27. The van der Waals surface area contributed by atoms with E-state index in [0.717, 1.165) is 44.4 Å². The Hall–Kier alpha value is -5.38. The van der Waals surface area contributed by atoms with Crippen LogP contribution in [0, 0.1) is 11.3 Å². The fourth-order valence-electron chi connectivity index (χ4n) is 4.31. The van der Waals surface area contributed by atoms with E-state index in [1.165, 1.54) is 17.4 Å². The zero-order valence-corrected chi connectivity index (χ0v) is 23.1. The summed E-state index contributed by atoms with van der Waals surface area (Å²) >= 11 is 1.44. The number of hydrogen-bond donors (Lipinski definition) is 1. The molecular formula is C35H26N2O3S. The van der Waals surface area contributed by atoms with E-state index < -0.39 is 5.97 Å². The van der Waals surface area contributed by atoms with Crippen LogP contribution in [0.2, 0.25) is 0 Å². The molecule has 0 saturated carbocycles. The third-order valence-electron chi connectivity index (χ3n) is 6.42. The molecule has 0 bridgehead atoms. The molecule has 0 fully saturated rings. The second kappa shape index (κ2) is 12.6. The molecule has 0 aliphatic rings. The number of carbonyl (C=O) groups is 1. The van der Waals surface area contributed by atoms with Crippen LogP contribution in [0.5, 0.6) is 5.75 Å². The molecule has 1 aromatic heterocycles. The predicted molar refractivity (Wildman–Crippen MR) is 168 cm³/mol. The summed E-state index contributed by atoms with van der Waals surface area (Å²) in [5, 5.41) is 18.2. The molecule has 5 rings (SSSR count). The maximum Gasteiger partial charge on any atom is 0.346 e. The summed E-state index contributed by atoms with van der Waals surface area (Å²) in [6.07, 6.45) is 5.60. The first-order valence-corrected chi connectivity index (χ1v) is 13.7. The molecule has 6 heteroatoms. The molecule has 5 aromatic rings. The van der Waals surface area contributed by atoms with Crippen molar-refractivity contribution >= 4 is 52.6 Å². The molecule has 41 heavy (non-hydrogen) atoms. The van der Waals surface area contributed by atoms with E-state index in [1.54, 1.807) is 13.2 Å². The molecule has 0 radical (unpaired) electrons. The first kappa shape index (κ1) is 27.2. The number of thiophene rings is 1. The molecule has 0 unspecified atom stereocenters.